The van der Waals surface area contributed by atoms with Gasteiger partial charge < -0.3 is 15.2 Å². The summed E-state index contributed by atoms with van der Waals surface area (Å²) in [7, 11) is 0. The van der Waals surface area contributed by atoms with Crippen LogP contribution in [0.4, 0.5) is 0 Å². The summed E-state index contributed by atoms with van der Waals surface area (Å²) in [5.41, 5.74) is 0.860. The summed E-state index contributed by atoms with van der Waals surface area (Å²) in [5.74, 6) is 0.620. The molecule has 0 aliphatic carbocycles. The van der Waals surface area contributed by atoms with Gasteiger partial charge in [-0.1, -0.05) is 12.1 Å². The van der Waals surface area contributed by atoms with Gasteiger partial charge in [-0.25, -0.2) is 0 Å². The van der Waals surface area contributed by atoms with E-state index in [0.29, 0.717) is 0 Å². The van der Waals surface area contributed by atoms with E-state index >= 15 is 0 Å². The number of carbonyl (C=O) groups excluding carboxylic acids is 1. The second kappa shape index (κ2) is 6.25. The van der Waals surface area contributed by atoms with Crippen molar-refractivity contribution in [3.63, 3.8) is 0 Å². The number of hydrogen-bond acceptors (Lipinski definition) is 3. The molecule has 0 saturated heterocycles. The number of carbonyl (C=O) groups is 1. The van der Waals surface area contributed by atoms with E-state index in [1.807, 2.05) is 38.1 Å². The smallest absolute Gasteiger partial charge is 0.217 e. The average molecular weight is 237 g/mol. The standard InChI is InChI=1S/C13H19NO3/c1-9(2)17-12-6-4-11(5-7-12)13(8-15)14-10(3)16/h4-7,9,13,15H,8H2,1-3H3,(H,14,16). The molecule has 0 heterocycles. The third-order valence-electron chi connectivity index (χ3n) is 2.21. The van der Waals surface area contributed by atoms with Crippen molar-refractivity contribution in [3.05, 3.63) is 29.8 Å². The van der Waals surface area contributed by atoms with E-state index in [9.17, 15) is 9.90 Å². The lowest BCUT2D eigenvalue weighted by Crippen LogP contribution is -2.28. The molecule has 0 spiro atoms. The first-order chi connectivity index (χ1) is 8.02. The summed E-state index contributed by atoms with van der Waals surface area (Å²) in [6, 6.07) is 6.99. The highest BCUT2D eigenvalue weighted by molar-refractivity contribution is 5.73. The van der Waals surface area contributed by atoms with Gasteiger partial charge >= 0.3 is 0 Å². The van der Waals surface area contributed by atoms with Crippen molar-refractivity contribution < 1.29 is 14.6 Å². The third kappa shape index (κ3) is 4.44. The maximum absolute atomic E-state index is 11.0. The summed E-state index contributed by atoms with van der Waals surface area (Å²) in [5, 5.41) is 11.9. The van der Waals surface area contributed by atoms with Gasteiger partial charge in [0.2, 0.25) is 5.91 Å². The Morgan fingerprint density at radius 3 is 2.35 bits per heavy atom. The SMILES string of the molecule is CC(=O)NC(CO)c1ccc(OC(C)C)cc1. The van der Waals surface area contributed by atoms with Crippen LogP contribution in [-0.4, -0.2) is 23.7 Å². The topological polar surface area (TPSA) is 58.6 Å². The molecule has 0 aliphatic rings. The fourth-order valence-electron chi connectivity index (χ4n) is 1.53. The summed E-state index contributed by atoms with van der Waals surface area (Å²) in [4.78, 5) is 11.0. The van der Waals surface area contributed by atoms with E-state index < -0.39 is 0 Å². The first kappa shape index (κ1) is 13.5. The molecule has 1 rings (SSSR count). The van der Waals surface area contributed by atoms with Crippen LogP contribution in [0.15, 0.2) is 24.3 Å². The summed E-state index contributed by atoms with van der Waals surface area (Å²) >= 11 is 0. The molecule has 1 aromatic rings. The van der Waals surface area contributed by atoms with Crippen LogP contribution in [0.5, 0.6) is 5.75 Å². The van der Waals surface area contributed by atoms with Gasteiger partial charge in [0.1, 0.15) is 5.75 Å². The molecule has 2 N–H and O–H groups in total. The van der Waals surface area contributed by atoms with Crippen LogP contribution in [0.3, 0.4) is 0 Å². The number of ether oxygens (including phenoxy) is 1. The molecule has 0 fully saturated rings. The molecule has 94 valence electrons. The number of aliphatic hydroxyl groups is 1. The fraction of sp³-hybridized carbons (Fsp3) is 0.462. The maximum Gasteiger partial charge on any atom is 0.217 e. The first-order valence-corrected chi connectivity index (χ1v) is 5.67. The zero-order chi connectivity index (χ0) is 12.8. The largest absolute Gasteiger partial charge is 0.491 e. The van der Waals surface area contributed by atoms with Gasteiger partial charge in [-0.2, -0.15) is 0 Å². The monoisotopic (exact) mass is 237 g/mol. The maximum atomic E-state index is 11.0. The van der Waals surface area contributed by atoms with Gasteiger partial charge in [-0.3, -0.25) is 4.79 Å². The van der Waals surface area contributed by atoms with E-state index in [4.69, 9.17) is 4.74 Å². The van der Waals surface area contributed by atoms with Gasteiger partial charge in [-0.05, 0) is 31.5 Å². The van der Waals surface area contributed by atoms with Crippen molar-refractivity contribution in [2.45, 2.75) is 32.9 Å². The zero-order valence-corrected chi connectivity index (χ0v) is 10.4. The van der Waals surface area contributed by atoms with E-state index in [-0.39, 0.29) is 24.7 Å². The van der Waals surface area contributed by atoms with Crippen molar-refractivity contribution in [2.75, 3.05) is 6.61 Å². The molecule has 1 atom stereocenters. The molecule has 0 aliphatic heterocycles. The Labute approximate surface area is 102 Å². The predicted molar refractivity (Wildman–Crippen MR) is 65.8 cm³/mol. The van der Waals surface area contributed by atoms with Gasteiger partial charge in [0, 0.05) is 6.92 Å². The Bertz CT molecular complexity index is 359. The number of nitrogens with one attached hydrogen (secondary N) is 1. The van der Waals surface area contributed by atoms with Crippen LogP contribution >= 0.6 is 0 Å². The van der Waals surface area contributed by atoms with Gasteiger partial charge in [0.15, 0.2) is 0 Å². The lowest BCUT2D eigenvalue weighted by molar-refractivity contribution is -0.120. The molecular weight excluding hydrogens is 218 g/mol. The van der Waals surface area contributed by atoms with Crippen LogP contribution in [0.25, 0.3) is 0 Å². The number of benzene rings is 1. The summed E-state index contributed by atoms with van der Waals surface area (Å²) in [6.07, 6.45) is 0.129. The van der Waals surface area contributed by atoms with Crippen LogP contribution < -0.4 is 10.1 Å². The molecule has 4 nitrogen and oxygen atoms in total. The van der Waals surface area contributed by atoms with Crippen molar-refractivity contribution in [2.24, 2.45) is 0 Å². The van der Waals surface area contributed by atoms with Crippen LogP contribution in [-0.2, 0) is 4.79 Å². The molecule has 0 saturated carbocycles. The van der Waals surface area contributed by atoms with E-state index in [1.165, 1.54) is 6.92 Å². The van der Waals surface area contributed by atoms with E-state index in [2.05, 4.69) is 5.32 Å². The lowest BCUT2D eigenvalue weighted by atomic mass is 10.1. The average Bonchev–Trinajstić information content (AvgIpc) is 2.26. The summed E-state index contributed by atoms with van der Waals surface area (Å²) in [6.45, 7) is 5.23. The Kier molecular flexibility index (Phi) is 4.97. The second-order valence-electron chi connectivity index (χ2n) is 4.17. The molecule has 4 heteroatoms. The Balaban J connectivity index is 2.74. The molecule has 17 heavy (non-hydrogen) atoms. The zero-order valence-electron chi connectivity index (χ0n) is 10.4. The minimum Gasteiger partial charge on any atom is -0.491 e. The molecule has 1 amide bonds. The number of amides is 1. The highest BCUT2D eigenvalue weighted by atomic mass is 16.5. The third-order valence-corrected chi connectivity index (χ3v) is 2.21. The Hall–Kier alpha value is -1.55. The lowest BCUT2D eigenvalue weighted by Gasteiger charge is -2.16. The number of hydrogen-bond donors (Lipinski definition) is 2. The predicted octanol–water partition coefficient (Wildman–Crippen LogP) is 1.64. The van der Waals surface area contributed by atoms with Gasteiger partial charge in [-0.15, -0.1) is 0 Å². The highest BCUT2D eigenvalue weighted by Gasteiger charge is 2.11. The molecule has 1 aromatic carbocycles. The van der Waals surface area contributed by atoms with Crippen LogP contribution in [0.2, 0.25) is 0 Å². The minimum absolute atomic E-state index is 0.121. The Morgan fingerprint density at radius 2 is 1.94 bits per heavy atom. The van der Waals surface area contributed by atoms with Crippen LogP contribution in [0.1, 0.15) is 32.4 Å². The fourth-order valence-corrected chi connectivity index (χ4v) is 1.53. The van der Waals surface area contributed by atoms with Gasteiger partial charge in [0.25, 0.3) is 0 Å². The van der Waals surface area contributed by atoms with E-state index in [1.54, 1.807) is 0 Å². The Morgan fingerprint density at radius 1 is 1.35 bits per heavy atom. The summed E-state index contributed by atoms with van der Waals surface area (Å²) < 4.78 is 5.51. The molecule has 0 radical (unpaired) electrons. The normalized spacial score (nSPS) is 12.3. The number of rotatable bonds is 5. The van der Waals surface area contributed by atoms with Crippen molar-refractivity contribution >= 4 is 5.91 Å². The van der Waals surface area contributed by atoms with Crippen molar-refractivity contribution in [1.29, 1.82) is 0 Å². The van der Waals surface area contributed by atoms with Crippen molar-refractivity contribution in [1.82, 2.24) is 5.32 Å². The van der Waals surface area contributed by atoms with E-state index in [0.717, 1.165) is 11.3 Å². The highest BCUT2D eigenvalue weighted by Crippen LogP contribution is 2.18. The molecule has 0 aromatic heterocycles. The molecule has 0 bridgehead atoms. The quantitative estimate of drug-likeness (QED) is 0.818. The first-order valence-electron chi connectivity index (χ1n) is 5.67. The van der Waals surface area contributed by atoms with Crippen LogP contribution in [0, 0.1) is 0 Å². The minimum atomic E-state index is -0.361. The van der Waals surface area contributed by atoms with Crippen molar-refractivity contribution in [3.8, 4) is 5.75 Å². The molecular formula is C13H19NO3. The number of aliphatic hydroxyl groups excluding tert-OH is 1. The van der Waals surface area contributed by atoms with Gasteiger partial charge in [0.05, 0.1) is 18.8 Å². The molecule has 1 unspecified atom stereocenters. The second-order valence-corrected chi connectivity index (χ2v) is 4.17.